The van der Waals surface area contributed by atoms with Crippen molar-refractivity contribution < 1.29 is 14.3 Å². The van der Waals surface area contributed by atoms with E-state index in [-0.39, 0.29) is 12.5 Å². The summed E-state index contributed by atoms with van der Waals surface area (Å²) in [7, 11) is 0. The van der Waals surface area contributed by atoms with Crippen LogP contribution in [0.3, 0.4) is 0 Å². The number of morpholine rings is 1. The zero-order valence-electron chi connectivity index (χ0n) is 16.4. The smallest absolute Gasteiger partial charge is 0.255 e. The first-order valence-corrected chi connectivity index (χ1v) is 9.29. The van der Waals surface area contributed by atoms with Crippen LogP contribution < -0.4 is 5.73 Å². The average molecular weight is 369 g/mol. The lowest BCUT2D eigenvalue weighted by Crippen LogP contribution is -2.50. The summed E-state index contributed by atoms with van der Waals surface area (Å²) in [4.78, 5) is 26.1. The van der Waals surface area contributed by atoms with Crippen molar-refractivity contribution in [2.75, 3.05) is 19.7 Å². The molecule has 144 valence electrons. The third-order valence-corrected chi connectivity index (χ3v) is 5.13. The van der Waals surface area contributed by atoms with Gasteiger partial charge in [-0.05, 0) is 43.5 Å². The highest BCUT2D eigenvalue weighted by atomic mass is 16.5. The van der Waals surface area contributed by atoms with Crippen LogP contribution in [0.4, 0.5) is 0 Å². The lowest BCUT2D eigenvalue weighted by Gasteiger charge is -2.31. The van der Waals surface area contributed by atoms with Crippen LogP contribution in [0.15, 0.2) is 30.3 Å². The maximum atomic E-state index is 13.1. The molecule has 2 aromatic rings. The first kappa shape index (κ1) is 19.2. The fourth-order valence-corrected chi connectivity index (χ4v) is 3.58. The van der Waals surface area contributed by atoms with E-state index in [0.29, 0.717) is 24.6 Å². The Labute approximate surface area is 159 Å². The number of aryl methyl sites for hydroxylation is 1. The maximum absolute atomic E-state index is 13.1. The summed E-state index contributed by atoms with van der Waals surface area (Å²) < 4.78 is 7.45. The quantitative estimate of drug-likeness (QED) is 0.900. The minimum absolute atomic E-state index is 0.0936. The Morgan fingerprint density at radius 2 is 1.96 bits per heavy atom. The monoisotopic (exact) mass is 369 g/mol. The fraction of sp³-hybridized carbons (Fsp3) is 0.429. The Bertz CT molecular complexity index is 870. The van der Waals surface area contributed by atoms with Crippen LogP contribution in [0.2, 0.25) is 0 Å². The van der Waals surface area contributed by atoms with Gasteiger partial charge in [-0.3, -0.25) is 9.59 Å². The molecule has 1 aliphatic rings. The predicted molar refractivity (Wildman–Crippen MR) is 104 cm³/mol. The van der Waals surface area contributed by atoms with E-state index in [4.69, 9.17) is 10.5 Å². The van der Waals surface area contributed by atoms with E-state index >= 15 is 0 Å². The average Bonchev–Trinajstić information content (AvgIpc) is 2.95. The predicted octanol–water partition coefficient (Wildman–Crippen LogP) is 2.54. The second-order valence-electron chi connectivity index (χ2n) is 7.38. The highest BCUT2D eigenvalue weighted by molar-refractivity contribution is 5.96. The SMILES string of the molecule is Cc1cc(C(=O)N2CCO[C@@H](C(N)=O)C2)c(C)n1-c1cccc(C(C)C)c1. The number of carbonyl (C=O) groups excluding carboxylic acids is 2. The zero-order chi connectivity index (χ0) is 19.7. The van der Waals surface area contributed by atoms with Crippen molar-refractivity contribution in [1.82, 2.24) is 9.47 Å². The number of amides is 2. The van der Waals surface area contributed by atoms with E-state index in [1.165, 1.54) is 5.56 Å². The molecule has 1 aromatic carbocycles. The number of nitrogens with two attached hydrogens (primary N) is 1. The van der Waals surface area contributed by atoms with Crippen molar-refractivity contribution in [2.24, 2.45) is 5.73 Å². The second kappa shape index (κ2) is 7.56. The van der Waals surface area contributed by atoms with Gasteiger partial charge in [0.05, 0.1) is 18.7 Å². The van der Waals surface area contributed by atoms with E-state index in [1.54, 1.807) is 4.90 Å². The molecule has 0 radical (unpaired) electrons. The molecule has 0 unspecified atom stereocenters. The van der Waals surface area contributed by atoms with Gasteiger partial charge in [-0.1, -0.05) is 26.0 Å². The number of primary amides is 1. The van der Waals surface area contributed by atoms with Crippen molar-refractivity contribution >= 4 is 11.8 Å². The summed E-state index contributed by atoms with van der Waals surface area (Å²) in [5.74, 6) is -0.200. The van der Waals surface area contributed by atoms with Gasteiger partial charge in [-0.2, -0.15) is 0 Å². The molecule has 0 saturated carbocycles. The van der Waals surface area contributed by atoms with Crippen molar-refractivity contribution in [1.29, 1.82) is 0 Å². The summed E-state index contributed by atoms with van der Waals surface area (Å²) in [5.41, 5.74) is 10.2. The molecule has 1 atom stereocenters. The normalized spacial score (nSPS) is 17.4. The van der Waals surface area contributed by atoms with Crippen molar-refractivity contribution in [2.45, 2.75) is 39.7 Å². The van der Waals surface area contributed by atoms with Gasteiger partial charge < -0.3 is 19.9 Å². The number of hydrogen-bond acceptors (Lipinski definition) is 3. The van der Waals surface area contributed by atoms with Gasteiger partial charge in [-0.25, -0.2) is 0 Å². The van der Waals surface area contributed by atoms with Crippen LogP contribution in [-0.4, -0.2) is 47.1 Å². The number of benzene rings is 1. The molecule has 2 amide bonds. The molecule has 0 bridgehead atoms. The van der Waals surface area contributed by atoms with Gasteiger partial charge in [0.15, 0.2) is 6.10 Å². The minimum Gasteiger partial charge on any atom is -0.367 e. The Kier molecular flexibility index (Phi) is 5.37. The summed E-state index contributed by atoms with van der Waals surface area (Å²) >= 11 is 0. The van der Waals surface area contributed by atoms with Gasteiger partial charge in [0.1, 0.15) is 0 Å². The van der Waals surface area contributed by atoms with E-state index in [0.717, 1.165) is 17.1 Å². The van der Waals surface area contributed by atoms with Crippen LogP contribution >= 0.6 is 0 Å². The first-order chi connectivity index (χ1) is 12.8. The molecule has 1 aliphatic heterocycles. The van der Waals surface area contributed by atoms with Crippen LogP contribution in [0.5, 0.6) is 0 Å². The highest BCUT2D eigenvalue weighted by Gasteiger charge is 2.30. The van der Waals surface area contributed by atoms with Gasteiger partial charge in [0, 0.05) is 23.6 Å². The fourth-order valence-electron chi connectivity index (χ4n) is 3.58. The number of rotatable bonds is 4. The lowest BCUT2D eigenvalue weighted by atomic mass is 10.0. The van der Waals surface area contributed by atoms with Crippen LogP contribution in [0, 0.1) is 13.8 Å². The Hall–Kier alpha value is -2.60. The lowest BCUT2D eigenvalue weighted by molar-refractivity contribution is -0.133. The number of hydrogen-bond donors (Lipinski definition) is 1. The Morgan fingerprint density at radius 3 is 2.63 bits per heavy atom. The molecule has 2 heterocycles. The molecule has 1 aromatic heterocycles. The van der Waals surface area contributed by atoms with Gasteiger partial charge in [-0.15, -0.1) is 0 Å². The molecule has 0 aliphatic carbocycles. The van der Waals surface area contributed by atoms with Crippen molar-refractivity contribution in [3.63, 3.8) is 0 Å². The van der Waals surface area contributed by atoms with Gasteiger partial charge in [0.2, 0.25) is 5.91 Å². The second-order valence-corrected chi connectivity index (χ2v) is 7.38. The molecule has 1 saturated heterocycles. The molecular weight excluding hydrogens is 342 g/mol. The molecule has 6 heteroatoms. The van der Waals surface area contributed by atoms with E-state index in [1.807, 2.05) is 26.0 Å². The van der Waals surface area contributed by atoms with Crippen LogP contribution in [0.25, 0.3) is 5.69 Å². The molecule has 3 rings (SSSR count). The molecule has 2 N–H and O–H groups in total. The maximum Gasteiger partial charge on any atom is 0.255 e. The summed E-state index contributed by atoms with van der Waals surface area (Å²) in [6, 6.07) is 10.3. The third-order valence-electron chi connectivity index (χ3n) is 5.13. The Morgan fingerprint density at radius 1 is 1.22 bits per heavy atom. The zero-order valence-corrected chi connectivity index (χ0v) is 16.4. The summed E-state index contributed by atoms with van der Waals surface area (Å²) in [6.07, 6.45) is -0.742. The largest absolute Gasteiger partial charge is 0.367 e. The minimum atomic E-state index is -0.742. The number of nitrogens with zero attached hydrogens (tertiary/aromatic N) is 2. The van der Waals surface area contributed by atoms with E-state index in [9.17, 15) is 9.59 Å². The molecule has 1 fully saturated rings. The molecule has 6 nitrogen and oxygen atoms in total. The van der Waals surface area contributed by atoms with Gasteiger partial charge in [0.25, 0.3) is 5.91 Å². The van der Waals surface area contributed by atoms with E-state index in [2.05, 4.69) is 36.6 Å². The van der Waals surface area contributed by atoms with Crippen molar-refractivity contribution in [3.05, 3.63) is 52.8 Å². The molecule has 0 spiro atoms. The summed E-state index contributed by atoms with van der Waals surface area (Å²) in [6.45, 7) is 9.24. The summed E-state index contributed by atoms with van der Waals surface area (Å²) in [5, 5.41) is 0. The topological polar surface area (TPSA) is 77.6 Å². The third kappa shape index (κ3) is 3.76. The van der Waals surface area contributed by atoms with Crippen LogP contribution in [-0.2, 0) is 9.53 Å². The van der Waals surface area contributed by atoms with Crippen LogP contribution in [0.1, 0.15) is 47.1 Å². The molecule has 27 heavy (non-hydrogen) atoms. The van der Waals surface area contributed by atoms with Crippen molar-refractivity contribution in [3.8, 4) is 5.69 Å². The number of ether oxygens (including phenoxy) is 1. The van der Waals surface area contributed by atoms with E-state index < -0.39 is 12.0 Å². The first-order valence-electron chi connectivity index (χ1n) is 9.29. The Balaban J connectivity index is 1.93. The standard InChI is InChI=1S/C21H27N3O3/c1-13(2)16-6-5-7-17(11-16)24-14(3)10-18(15(24)4)21(26)23-8-9-27-19(12-23)20(22)25/h5-7,10-11,13,19H,8-9,12H2,1-4H3,(H2,22,25)/t19-/m1/s1. The number of aromatic nitrogens is 1. The molecular formula is C21H27N3O3. The highest BCUT2D eigenvalue weighted by Crippen LogP contribution is 2.25. The number of carbonyl (C=O) groups is 2. The van der Waals surface area contributed by atoms with Gasteiger partial charge >= 0.3 is 0 Å².